The number of aromatic nitrogens is 2. The Morgan fingerprint density at radius 3 is 2.37 bits per heavy atom. The van der Waals surface area contributed by atoms with E-state index in [-0.39, 0.29) is 16.9 Å². The van der Waals surface area contributed by atoms with Crippen molar-refractivity contribution in [3.63, 3.8) is 0 Å². The van der Waals surface area contributed by atoms with Crippen LogP contribution in [-0.4, -0.2) is 16.3 Å². The van der Waals surface area contributed by atoms with Crippen LogP contribution < -0.4 is 9.47 Å². The zero-order valence-electron chi connectivity index (χ0n) is 9.19. The quantitative estimate of drug-likeness (QED) is 0.806. The highest BCUT2D eigenvalue weighted by molar-refractivity contribution is 6.28. The van der Waals surface area contributed by atoms with Gasteiger partial charge in [0, 0.05) is 12.3 Å². The van der Waals surface area contributed by atoms with Crippen molar-refractivity contribution in [2.24, 2.45) is 0 Å². The first-order valence-corrected chi connectivity index (χ1v) is 5.33. The lowest BCUT2D eigenvalue weighted by atomic mass is 10.3. The second-order valence-electron chi connectivity index (χ2n) is 3.26. The van der Waals surface area contributed by atoms with Crippen LogP contribution in [0.1, 0.15) is 0 Å². The molecule has 0 aliphatic carbocycles. The summed E-state index contributed by atoms with van der Waals surface area (Å²) in [6.07, 6.45) is -3.49. The van der Waals surface area contributed by atoms with Crippen LogP contribution in [0, 0.1) is 0 Å². The van der Waals surface area contributed by atoms with Crippen LogP contribution in [-0.2, 0) is 0 Å². The molecule has 0 saturated carbocycles. The molecule has 0 amide bonds. The SMILES string of the molecule is FC(F)(F)Oc1ccccc1Oc1ccnc(Cl)n1. The van der Waals surface area contributed by atoms with Gasteiger partial charge in [0.1, 0.15) is 0 Å². The average molecular weight is 291 g/mol. The first-order valence-electron chi connectivity index (χ1n) is 4.95. The van der Waals surface area contributed by atoms with Crippen molar-refractivity contribution in [1.82, 2.24) is 9.97 Å². The van der Waals surface area contributed by atoms with E-state index in [4.69, 9.17) is 16.3 Å². The molecule has 0 unspecified atom stereocenters. The van der Waals surface area contributed by atoms with Crippen molar-refractivity contribution in [3.05, 3.63) is 41.8 Å². The lowest BCUT2D eigenvalue weighted by Crippen LogP contribution is -2.17. The first kappa shape index (κ1) is 13.4. The predicted molar refractivity (Wildman–Crippen MR) is 60.2 cm³/mol. The van der Waals surface area contributed by atoms with Crippen LogP contribution >= 0.6 is 11.6 Å². The Hall–Kier alpha value is -2.02. The summed E-state index contributed by atoms with van der Waals surface area (Å²) in [6.45, 7) is 0. The molecule has 0 N–H and O–H groups in total. The van der Waals surface area contributed by atoms with Gasteiger partial charge < -0.3 is 9.47 Å². The Morgan fingerprint density at radius 2 is 1.74 bits per heavy atom. The molecule has 2 aromatic rings. The zero-order chi connectivity index (χ0) is 13.9. The highest BCUT2D eigenvalue weighted by atomic mass is 35.5. The van der Waals surface area contributed by atoms with E-state index >= 15 is 0 Å². The van der Waals surface area contributed by atoms with Crippen LogP contribution in [0.3, 0.4) is 0 Å². The maximum atomic E-state index is 12.2. The third-order valence-corrected chi connectivity index (χ3v) is 2.07. The van der Waals surface area contributed by atoms with Gasteiger partial charge in [-0.25, -0.2) is 4.98 Å². The standard InChI is InChI=1S/C11H6ClF3N2O2/c12-10-16-6-5-9(17-10)18-7-3-1-2-4-8(7)19-11(13,14)15/h1-6H. The monoisotopic (exact) mass is 290 g/mol. The van der Waals surface area contributed by atoms with Gasteiger partial charge in [0.2, 0.25) is 11.2 Å². The van der Waals surface area contributed by atoms with Crippen molar-refractivity contribution in [2.75, 3.05) is 0 Å². The summed E-state index contributed by atoms with van der Waals surface area (Å²) in [4.78, 5) is 7.33. The topological polar surface area (TPSA) is 44.2 Å². The molecule has 19 heavy (non-hydrogen) atoms. The fraction of sp³-hybridized carbons (Fsp3) is 0.0909. The Kier molecular flexibility index (Phi) is 3.75. The number of ether oxygens (including phenoxy) is 2. The molecule has 0 atom stereocenters. The Balaban J connectivity index is 2.25. The summed E-state index contributed by atoms with van der Waals surface area (Å²) >= 11 is 5.54. The van der Waals surface area contributed by atoms with Crippen molar-refractivity contribution in [2.45, 2.75) is 6.36 Å². The second-order valence-corrected chi connectivity index (χ2v) is 3.60. The van der Waals surface area contributed by atoms with Gasteiger partial charge in [-0.3, -0.25) is 0 Å². The fourth-order valence-corrected chi connectivity index (χ4v) is 1.37. The van der Waals surface area contributed by atoms with Crippen LogP contribution in [0.4, 0.5) is 13.2 Å². The molecular formula is C11H6ClF3N2O2. The number of alkyl halides is 3. The summed E-state index contributed by atoms with van der Waals surface area (Å²) in [5, 5.41) is -0.0771. The van der Waals surface area contributed by atoms with Crippen molar-refractivity contribution in [1.29, 1.82) is 0 Å². The number of halogens is 4. The maximum Gasteiger partial charge on any atom is 0.573 e. The highest BCUT2D eigenvalue weighted by Gasteiger charge is 2.32. The van der Waals surface area contributed by atoms with E-state index in [1.54, 1.807) is 0 Å². The molecule has 1 aromatic heterocycles. The van der Waals surface area contributed by atoms with E-state index in [2.05, 4.69) is 14.7 Å². The molecule has 0 saturated heterocycles. The molecule has 0 spiro atoms. The molecule has 8 heteroatoms. The van der Waals surface area contributed by atoms with E-state index in [1.807, 2.05) is 0 Å². The smallest absolute Gasteiger partial charge is 0.435 e. The lowest BCUT2D eigenvalue weighted by Gasteiger charge is -2.13. The van der Waals surface area contributed by atoms with Gasteiger partial charge in [0.05, 0.1) is 0 Å². The first-order chi connectivity index (χ1) is 8.94. The average Bonchev–Trinajstić information content (AvgIpc) is 2.30. The van der Waals surface area contributed by atoms with Crippen molar-refractivity contribution >= 4 is 11.6 Å². The van der Waals surface area contributed by atoms with E-state index in [0.29, 0.717) is 0 Å². The van der Waals surface area contributed by atoms with Crippen LogP contribution in [0.15, 0.2) is 36.5 Å². The van der Waals surface area contributed by atoms with E-state index in [9.17, 15) is 13.2 Å². The highest BCUT2D eigenvalue weighted by Crippen LogP contribution is 2.34. The Labute approximate surface area is 110 Å². The van der Waals surface area contributed by atoms with Gasteiger partial charge in [0.15, 0.2) is 11.5 Å². The molecule has 0 aliphatic rings. The predicted octanol–water partition coefficient (Wildman–Crippen LogP) is 3.82. The summed E-state index contributed by atoms with van der Waals surface area (Å²) < 4.78 is 45.6. The van der Waals surface area contributed by atoms with Gasteiger partial charge in [-0.15, -0.1) is 13.2 Å². The van der Waals surface area contributed by atoms with E-state index in [1.165, 1.54) is 30.5 Å². The van der Waals surface area contributed by atoms with Gasteiger partial charge in [-0.05, 0) is 23.7 Å². The van der Waals surface area contributed by atoms with Crippen LogP contribution in [0.5, 0.6) is 17.4 Å². The van der Waals surface area contributed by atoms with Crippen LogP contribution in [0.2, 0.25) is 5.28 Å². The zero-order valence-corrected chi connectivity index (χ0v) is 9.94. The van der Waals surface area contributed by atoms with Crippen LogP contribution in [0.25, 0.3) is 0 Å². The van der Waals surface area contributed by atoms with Gasteiger partial charge in [-0.2, -0.15) is 4.98 Å². The third kappa shape index (κ3) is 3.99. The Morgan fingerprint density at radius 1 is 1.05 bits per heavy atom. The van der Waals surface area contributed by atoms with E-state index in [0.717, 1.165) is 6.07 Å². The molecule has 100 valence electrons. The normalized spacial score (nSPS) is 11.2. The molecule has 0 aliphatic heterocycles. The van der Waals surface area contributed by atoms with Crippen molar-refractivity contribution in [3.8, 4) is 17.4 Å². The number of nitrogens with zero attached hydrogens (tertiary/aromatic N) is 2. The van der Waals surface area contributed by atoms with Gasteiger partial charge in [-0.1, -0.05) is 12.1 Å². The molecular weight excluding hydrogens is 285 g/mol. The molecule has 1 heterocycles. The van der Waals surface area contributed by atoms with Gasteiger partial charge >= 0.3 is 6.36 Å². The minimum Gasteiger partial charge on any atom is -0.435 e. The van der Waals surface area contributed by atoms with E-state index < -0.39 is 12.1 Å². The largest absolute Gasteiger partial charge is 0.573 e. The molecule has 0 bridgehead atoms. The van der Waals surface area contributed by atoms with Crippen molar-refractivity contribution < 1.29 is 22.6 Å². The summed E-state index contributed by atoms with van der Waals surface area (Å²) in [6, 6.07) is 6.70. The molecule has 4 nitrogen and oxygen atoms in total. The minimum atomic E-state index is -4.80. The number of benzene rings is 1. The molecule has 2 rings (SSSR count). The van der Waals surface area contributed by atoms with Gasteiger partial charge in [0.25, 0.3) is 0 Å². The Bertz CT molecular complexity index is 578. The number of hydrogen-bond donors (Lipinski definition) is 0. The minimum absolute atomic E-state index is 0.0122. The summed E-state index contributed by atoms with van der Waals surface area (Å²) in [5.41, 5.74) is 0. The number of hydrogen-bond acceptors (Lipinski definition) is 4. The maximum absolute atomic E-state index is 12.2. The summed E-state index contributed by atoms with van der Waals surface area (Å²) in [7, 11) is 0. The fourth-order valence-electron chi connectivity index (χ4n) is 1.23. The lowest BCUT2D eigenvalue weighted by molar-refractivity contribution is -0.275. The molecule has 0 fully saturated rings. The molecule has 0 radical (unpaired) electrons. The third-order valence-electron chi connectivity index (χ3n) is 1.89. The molecule has 1 aromatic carbocycles. The number of para-hydroxylation sites is 2. The summed E-state index contributed by atoms with van der Waals surface area (Å²) in [5.74, 6) is -0.586. The second kappa shape index (κ2) is 5.31. The number of rotatable bonds is 3.